The average Bonchev–Trinajstić information content (AvgIpc) is 2.95. The van der Waals surface area contributed by atoms with Gasteiger partial charge in [-0.2, -0.15) is 0 Å². The lowest BCUT2D eigenvalue weighted by Gasteiger charge is -2.34. The zero-order valence-corrected chi connectivity index (χ0v) is 10.4. The molecule has 1 aliphatic rings. The molecule has 15 heavy (non-hydrogen) atoms. The van der Waals surface area contributed by atoms with Crippen molar-refractivity contribution < 1.29 is 4.79 Å². The molecule has 3 heteroatoms. The second kappa shape index (κ2) is 4.52. The van der Waals surface area contributed by atoms with E-state index in [1.54, 1.807) is 0 Å². The van der Waals surface area contributed by atoms with E-state index in [9.17, 15) is 4.79 Å². The Bertz CT molecular complexity index is 232. The number of hydrogen-bond acceptors (Lipinski definition) is 2. The van der Waals surface area contributed by atoms with Crippen molar-refractivity contribution in [3.8, 4) is 0 Å². The van der Waals surface area contributed by atoms with Gasteiger partial charge in [0.1, 0.15) is 0 Å². The van der Waals surface area contributed by atoms with Crippen LogP contribution in [0.5, 0.6) is 0 Å². The minimum atomic E-state index is -0.639. The summed E-state index contributed by atoms with van der Waals surface area (Å²) in [5, 5.41) is 0. The normalized spacial score (nSPS) is 20.1. The molecule has 2 N–H and O–H groups in total. The Morgan fingerprint density at radius 3 is 2.40 bits per heavy atom. The molecule has 1 fully saturated rings. The first-order valence-corrected chi connectivity index (χ1v) is 6.01. The van der Waals surface area contributed by atoms with Crippen molar-refractivity contribution in [3.05, 3.63) is 0 Å². The van der Waals surface area contributed by atoms with E-state index in [4.69, 9.17) is 5.73 Å². The van der Waals surface area contributed by atoms with Crippen LogP contribution < -0.4 is 5.73 Å². The summed E-state index contributed by atoms with van der Waals surface area (Å²) in [6.45, 7) is 8.90. The molecule has 88 valence electrons. The molecule has 0 aromatic carbocycles. The Labute approximate surface area is 93.0 Å². The largest absolute Gasteiger partial charge is 0.339 e. The molecule has 1 aliphatic carbocycles. The Morgan fingerprint density at radius 1 is 1.53 bits per heavy atom. The van der Waals surface area contributed by atoms with Gasteiger partial charge in [0, 0.05) is 12.6 Å². The monoisotopic (exact) mass is 212 g/mol. The lowest BCUT2D eigenvalue weighted by Crippen LogP contribution is -2.56. The SMILES string of the molecule is CCCN(C(=O)C(C)(N)C1CC1)C(C)C. The third-order valence-electron chi connectivity index (χ3n) is 3.23. The van der Waals surface area contributed by atoms with Crippen LogP contribution in [0.1, 0.15) is 47.0 Å². The first kappa shape index (κ1) is 12.5. The highest BCUT2D eigenvalue weighted by atomic mass is 16.2. The summed E-state index contributed by atoms with van der Waals surface area (Å²) in [6.07, 6.45) is 3.21. The lowest BCUT2D eigenvalue weighted by molar-refractivity contribution is -0.139. The number of amides is 1. The summed E-state index contributed by atoms with van der Waals surface area (Å²) in [7, 11) is 0. The summed E-state index contributed by atoms with van der Waals surface area (Å²) in [4.78, 5) is 14.2. The molecular weight excluding hydrogens is 188 g/mol. The number of rotatable bonds is 5. The number of carbonyl (C=O) groups is 1. The molecule has 0 radical (unpaired) electrons. The number of nitrogens with zero attached hydrogens (tertiary/aromatic N) is 1. The summed E-state index contributed by atoms with van der Waals surface area (Å²) < 4.78 is 0. The predicted octanol–water partition coefficient (Wildman–Crippen LogP) is 1.76. The maximum Gasteiger partial charge on any atom is 0.242 e. The van der Waals surface area contributed by atoms with Gasteiger partial charge in [0.25, 0.3) is 0 Å². The first-order valence-electron chi connectivity index (χ1n) is 6.01. The van der Waals surface area contributed by atoms with Crippen molar-refractivity contribution in [3.63, 3.8) is 0 Å². The molecule has 0 bridgehead atoms. The minimum Gasteiger partial charge on any atom is -0.339 e. The highest BCUT2D eigenvalue weighted by Gasteiger charge is 2.46. The van der Waals surface area contributed by atoms with Gasteiger partial charge in [-0.1, -0.05) is 6.92 Å². The van der Waals surface area contributed by atoms with Crippen LogP contribution in [-0.2, 0) is 4.79 Å². The van der Waals surface area contributed by atoms with Crippen LogP contribution in [0.15, 0.2) is 0 Å². The van der Waals surface area contributed by atoms with Crippen molar-refractivity contribution in [2.45, 2.75) is 58.5 Å². The van der Waals surface area contributed by atoms with Gasteiger partial charge in [0.05, 0.1) is 5.54 Å². The van der Waals surface area contributed by atoms with E-state index in [0.717, 1.165) is 25.8 Å². The number of nitrogens with two attached hydrogens (primary N) is 1. The fourth-order valence-electron chi connectivity index (χ4n) is 2.00. The van der Waals surface area contributed by atoms with Crippen molar-refractivity contribution in [2.24, 2.45) is 11.7 Å². The second-order valence-electron chi connectivity index (χ2n) is 5.15. The molecule has 0 saturated heterocycles. The highest BCUT2D eigenvalue weighted by molar-refractivity contribution is 5.86. The topological polar surface area (TPSA) is 46.3 Å². The molecule has 3 nitrogen and oxygen atoms in total. The fourth-order valence-corrected chi connectivity index (χ4v) is 2.00. The van der Waals surface area contributed by atoms with Crippen LogP contribution in [0.3, 0.4) is 0 Å². The van der Waals surface area contributed by atoms with E-state index >= 15 is 0 Å². The molecule has 1 atom stereocenters. The zero-order valence-electron chi connectivity index (χ0n) is 10.4. The Balaban J connectivity index is 2.70. The van der Waals surface area contributed by atoms with Gasteiger partial charge >= 0.3 is 0 Å². The Hall–Kier alpha value is -0.570. The van der Waals surface area contributed by atoms with E-state index in [1.807, 2.05) is 11.8 Å². The smallest absolute Gasteiger partial charge is 0.242 e. The van der Waals surface area contributed by atoms with E-state index < -0.39 is 5.54 Å². The molecule has 1 rings (SSSR count). The van der Waals surface area contributed by atoms with Crippen LogP contribution >= 0.6 is 0 Å². The van der Waals surface area contributed by atoms with E-state index in [1.165, 1.54) is 0 Å². The van der Waals surface area contributed by atoms with E-state index in [0.29, 0.717) is 5.92 Å². The zero-order chi connectivity index (χ0) is 11.6. The van der Waals surface area contributed by atoms with Gasteiger partial charge in [0.2, 0.25) is 5.91 Å². The van der Waals surface area contributed by atoms with Gasteiger partial charge in [-0.25, -0.2) is 0 Å². The van der Waals surface area contributed by atoms with Gasteiger partial charge in [-0.05, 0) is 46.0 Å². The van der Waals surface area contributed by atoms with Gasteiger partial charge in [-0.3, -0.25) is 4.79 Å². The van der Waals surface area contributed by atoms with Gasteiger partial charge < -0.3 is 10.6 Å². The average molecular weight is 212 g/mol. The molecule has 0 aromatic heterocycles. The number of carbonyl (C=O) groups excluding carboxylic acids is 1. The molecule has 0 heterocycles. The third kappa shape index (κ3) is 2.71. The molecular formula is C12H24N2O. The van der Waals surface area contributed by atoms with Crippen LogP contribution in [0, 0.1) is 5.92 Å². The van der Waals surface area contributed by atoms with Crippen LogP contribution in [0.2, 0.25) is 0 Å². The predicted molar refractivity (Wildman–Crippen MR) is 62.5 cm³/mol. The quantitative estimate of drug-likeness (QED) is 0.755. The van der Waals surface area contributed by atoms with Crippen molar-refractivity contribution >= 4 is 5.91 Å². The summed E-state index contributed by atoms with van der Waals surface area (Å²) in [5.41, 5.74) is 5.50. The van der Waals surface area contributed by atoms with E-state index in [-0.39, 0.29) is 11.9 Å². The number of hydrogen-bond donors (Lipinski definition) is 1. The highest BCUT2D eigenvalue weighted by Crippen LogP contribution is 2.39. The summed E-state index contributed by atoms with van der Waals surface area (Å²) in [6, 6.07) is 0.249. The van der Waals surface area contributed by atoms with Gasteiger partial charge in [-0.15, -0.1) is 0 Å². The Kier molecular flexibility index (Phi) is 3.77. The first-order chi connectivity index (χ1) is 6.91. The molecule has 0 spiro atoms. The maximum absolute atomic E-state index is 12.3. The summed E-state index contributed by atoms with van der Waals surface area (Å²) >= 11 is 0. The van der Waals surface area contributed by atoms with Gasteiger partial charge in [0.15, 0.2) is 0 Å². The second-order valence-corrected chi connectivity index (χ2v) is 5.15. The van der Waals surface area contributed by atoms with Crippen molar-refractivity contribution in [2.75, 3.05) is 6.54 Å². The Morgan fingerprint density at radius 2 is 2.07 bits per heavy atom. The summed E-state index contributed by atoms with van der Waals surface area (Å²) in [5.74, 6) is 0.532. The fraction of sp³-hybridized carbons (Fsp3) is 0.917. The molecule has 1 saturated carbocycles. The van der Waals surface area contributed by atoms with Crippen molar-refractivity contribution in [1.82, 2.24) is 4.90 Å². The van der Waals surface area contributed by atoms with E-state index in [2.05, 4.69) is 20.8 Å². The molecule has 1 unspecified atom stereocenters. The standard InChI is InChI=1S/C12H24N2O/c1-5-8-14(9(2)3)11(15)12(4,13)10-6-7-10/h9-10H,5-8,13H2,1-4H3. The molecule has 0 aromatic rings. The van der Waals surface area contributed by atoms with Crippen LogP contribution in [0.4, 0.5) is 0 Å². The van der Waals surface area contributed by atoms with Crippen molar-refractivity contribution in [1.29, 1.82) is 0 Å². The third-order valence-corrected chi connectivity index (χ3v) is 3.23. The van der Waals surface area contributed by atoms with Crippen LogP contribution in [-0.4, -0.2) is 28.9 Å². The molecule has 1 amide bonds. The molecule has 0 aliphatic heterocycles. The van der Waals surface area contributed by atoms with Crippen LogP contribution in [0.25, 0.3) is 0 Å². The minimum absolute atomic E-state index is 0.127. The maximum atomic E-state index is 12.3. The lowest BCUT2D eigenvalue weighted by atomic mass is 9.94.